The molecule has 1 atom stereocenters. The van der Waals surface area contributed by atoms with E-state index in [4.69, 9.17) is 9.26 Å². The maximum absolute atomic E-state index is 12.2. The number of amides is 2. The number of likely N-dealkylation sites (tertiary alicyclic amines) is 1. The van der Waals surface area contributed by atoms with Crippen LogP contribution >= 0.6 is 0 Å². The molecule has 0 bridgehead atoms. The third-order valence-corrected chi connectivity index (χ3v) is 3.99. The van der Waals surface area contributed by atoms with Crippen LogP contribution in [-0.2, 0) is 14.3 Å². The number of piperidine rings is 1. The van der Waals surface area contributed by atoms with Gasteiger partial charge in [-0.15, -0.1) is 0 Å². The summed E-state index contributed by atoms with van der Waals surface area (Å²) < 4.78 is 10.1. The molecule has 2 heterocycles. The van der Waals surface area contributed by atoms with Crippen molar-refractivity contribution in [1.29, 1.82) is 0 Å². The molecular formula is C15H23N3O4. The van der Waals surface area contributed by atoms with Crippen LogP contribution in [0.15, 0.2) is 10.6 Å². The van der Waals surface area contributed by atoms with Crippen LogP contribution in [0.25, 0.3) is 0 Å². The Morgan fingerprint density at radius 3 is 2.68 bits per heavy atom. The van der Waals surface area contributed by atoms with Crippen molar-refractivity contribution in [3.8, 4) is 0 Å². The highest BCUT2D eigenvalue weighted by molar-refractivity contribution is 5.92. The monoisotopic (exact) mass is 309 g/mol. The number of anilines is 1. The Kier molecular flexibility index (Phi) is 5.54. The number of ether oxygens (including phenoxy) is 1. The summed E-state index contributed by atoms with van der Waals surface area (Å²) in [5.74, 6) is 0.922. The van der Waals surface area contributed by atoms with Gasteiger partial charge in [0.1, 0.15) is 11.9 Å². The molecule has 1 fully saturated rings. The molecule has 7 nitrogen and oxygen atoms in total. The average molecular weight is 309 g/mol. The second kappa shape index (κ2) is 7.40. The van der Waals surface area contributed by atoms with E-state index in [1.807, 2.05) is 6.92 Å². The van der Waals surface area contributed by atoms with Gasteiger partial charge in [-0.1, -0.05) is 12.1 Å². The fourth-order valence-electron chi connectivity index (χ4n) is 2.66. The van der Waals surface area contributed by atoms with Crippen LogP contribution in [0.2, 0.25) is 0 Å². The predicted octanol–water partition coefficient (Wildman–Crippen LogP) is 1.59. The van der Waals surface area contributed by atoms with Crippen LogP contribution < -0.4 is 5.32 Å². The number of carbonyl (C=O) groups is 2. The fraction of sp³-hybridized carbons (Fsp3) is 0.667. The SMILES string of the molecule is CCC(OC)C(=O)N1CCC(C(=O)Nc2cc(C)on2)CC1. The molecule has 1 aliphatic rings. The third kappa shape index (κ3) is 3.85. The zero-order chi connectivity index (χ0) is 16.1. The molecule has 0 radical (unpaired) electrons. The van der Waals surface area contributed by atoms with E-state index in [2.05, 4.69) is 10.5 Å². The van der Waals surface area contributed by atoms with E-state index in [1.165, 1.54) is 0 Å². The van der Waals surface area contributed by atoms with E-state index >= 15 is 0 Å². The quantitative estimate of drug-likeness (QED) is 0.892. The van der Waals surface area contributed by atoms with Crippen LogP contribution in [0, 0.1) is 12.8 Å². The Bertz CT molecular complexity index is 517. The van der Waals surface area contributed by atoms with Crippen molar-refractivity contribution in [3.05, 3.63) is 11.8 Å². The Morgan fingerprint density at radius 2 is 2.18 bits per heavy atom. The molecule has 1 saturated heterocycles. The summed E-state index contributed by atoms with van der Waals surface area (Å²) in [6.45, 7) is 4.85. The molecule has 22 heavy (non-hydrogen) atoms. The van der Waals surface area contributed by atoms with Gasteiger partial charge < -0.3 is 19.5 Å². The predicted molar refractivity (Wildman–Crippen MR) is 80.3 cm³/mol. The normalized spacial score (nSPS) is 17.3. The number of aryl methyl sites for hydroxylation is 1. The molecule has 0 saturated carbocycles. The van der Waals surface area contributed by atoms with Gasteiger partial charge in [0.25, 0.3) is 5.91 Å². The summed E-state index contributed by atoms with van der Waals surface area (Å²) in [5, 5.41) is 6.50. The van der Waals surface area contributed by atoms with Crippen molar-refractivity contribution < 1.29 is 18.8 Å². The minimum atomic E-state index is -0.386. The summed E-state index contributed by atoms with van der Waals surface area (Å²) >= 11 is 0. The summed E-state index contributed by atoms with van der Waals surface area (Å²) in [4.78, 5) is 26.2. The lowest BCUT2D eigenvalue weighted by molar-refractivity contribution is -0.144. The Hall–Kier alpha value is -1.89. The molecule has 1 aromatic heterocycles. The Morgan fingerprint density at radius 1 is 1.50 bits per heavy atom. The van der Waals surface area contributed by atoms with E-state index in [9.17, 15) is 9.59 Å². The lowest BCUT2D eigenvalue weighted by atomic mass is 9.95. The Balaban J connectivity index is 1.83. The molecule has 0 spiro atoms. The molecule has 7 heteroatoms. The lowest BCUT2D eigenvalue weighted by Gasteiger charge is -2.33. The lowest BCUT2D eigenvalue weighted by Crippen LogP contribution is -2.46. The van der Waals surface area contributed by atoms with Gasteiger partial charge in [-0.2, -0.15) is 0 Å². The van der Waals surface area contributed by atoms with Gasteiger partial charge in [0.15, 0.2) is 5.82 Å². The smallest absolute Gasteiger partial charge is 0.251 e. The summed E-state index contributed by atoms with van der Waals surface area (Å²) in [6.07, 6.45) is 1.56. The van der Waals surface area contributed by atoms with E-state index in [-0.39, 0.29) is 23.8 Å². The highest BCUT2D eigenvalue weighted by Crippen LogP contribution is 2.20. The van der Waals surface area contributed by atoms with Gasteiger partial charge in [-0.25, -0.2) is 0 Å². The largest absolute Gasteiger partial charge is 0.372 e. The fourth-order valence-corrected chi connectivity index (χ4v) is 2.66. The standard InChI is InChI=1S/C15H23N3O4/c1-4-12(21-3)15(20)18-7-5-11(6-8-18)14(19)16-13-9-10(2)22-17-13/h9,11-12H,4-8H2,1-3H3,(H,16,17,19). The van der Waals surface area contributed by atoms with E-state index < -0.39 is 0 Å². The topological polar surface area (TPSA) is 84.7 Å². The van der Waals surface area contributed by atoms with Crippen LogP contribution in [0.5, 0.6) is 0 Å². The second-order valence-corrected chi connectivity index (χ2v) is 5.54. The number of carbonyl (C=O) groups excluding carboxylic acids is 2. The van der Waals surface area contributed by atoms with Gasteiger partial charge in [0.2, 0.25) is 5.91 Å². The highest BCUT2D eigenvalue weighted by Gasteiger charge is 2.30. The zero-order valence-corrected chi connectivity index (χ0v) is 13.3. The summed E-state index contributed by atoms with van der Waals surface area (Å²) in [7, 11) is 1.55. The van der Waals surface area contributed by atoms with Crippen molar-refractivity contribution in [3.63, 3.8) is 0 Å². The summed E-state index contributed by atoms with van der Waals surface area (Å²) in [6, 6.07) is 1.68. The number of aromatic nitrogens is 1. The molecule has 2 amide bonds. The number of rotatable bonds is 5. The number of hydrogen-bond acceptors (Lipinski definition) is 5. The van der Waals surface area contributed by atoms with Gasteiger partial charge in [-0.05, 0) is 26.2 Å². The summed E-state index contributed by atoms with van der Waals surface area (Å²) in [5.41, 5.74) is 0. The molecule has 122 valence electrons. The van der Waals surface area contributed by atoms with E-state index in [0.717, 1.165) is 0 Å². The van der Waals surface area contributed by atoms with Gasteiger partial charge in [-0.3, -0.25) is 9.59 Å². The van der Waals surface area contributed by atoms with Crippen LogP contribution in [0.1, 0.15) is 31.9 Å². The van der Waals surface area contributed by atoms with Gasteiger partial charge in [0.05, 0.1) is 0 Å². The molecule has 2 rings (SSSR count). The van der Waals surface area contributed by atoms with Gasteiger partial charge >= 0.3 is 0 Å². The number of methoxy groups -OCH3 is 1. The molecule has 1 unspecified atom stereocenters. The minimum Gasteiger partial charge on any atom is -0.372 e. The molecular weight excluding hydrogens is 286 g/mol. The maximum Gasteiger partial charge on any atom is 0.251 e. The molecule has 1 N–H and O–H groups in total. The average Bonchev–Trinajstić information content (AvgIpc) is 2.93. The number of nitrogens with zero attached hydrogens (tertiary/aromatic N) is 2. The van der Waals surface area contributed by atoms with Crippen molar-refractivity contribution in [2.24, 2.45) is 5.92 Å². The zero-order valence-electron chi connectivity index (χ0n) is 13.3. The first-order chi connectivity index (χ1) is 10.5. The van der Waals surface area contributed by atoms with Crippen molar-refractivity contribution in [2.45, 2.75) is 39.2 Å². The Labute approximate surface area is 130 Å². The second-order valence-electron chi connectivity index (χ2n) is 5.54. The van der Waals surface area contributed by atoms with E-state index in [0.29, 0.717) is 43.9 Å². The highest BCUT2D eigenvalue weighted by atomic mass is 16.5. The third-order valence-electron chi connectivity index (χ3n) is 3.99. The van der Waals surface area contributed by atoms with Crippen molar-refractivity contribution >= 4 is 17.6 Å². The number of nitrogens with one attached hydrogen (secondary N) is 1. The van der Waals surface area contributed by atoms with Crippen molar-refractivity contribution in [1.82, 2.24) is 10.1 Å². The maximum atomic E-state index is 12.2. The molecule has 0 aliphatic carbocycles. The first-order valence-electron chi connectivity index (χ1n) is 7.61. The van der Waals surface area contributed by atoms with Crippen molar-refractivity contribution in [2.75, 3.05) is 25.5 Å². The van der Waals surface area contributed by atoms with Crippen LogP contribution in [-0.4, -0.2) is 48.2 Å². The van der Waals surface area contributed by atoms with Crippen LogP contribution in [0.3, 0.4) is 0 Å². The van der Waals surface area contributed by atoms with Crippen LogP contribution in [0.4, 0.5) is 5.82 Å². The first-order valence-corrected chi connectivity index (χ1v) is 7.61. The van der Waals surface area contributed by atoms with E-state index in [1.54, 1.807) is 25.0 Å². The number of hydrogen-bond donors (Lipinski definition) is 1. The van der Waals surface area contributed by atoms with Gasteiger partial charge in [0, 0.05) is 32.2 Å². The molecule has 1 aliphatic heterocycles. The minimum absolute atomic E-state index is 0.0102. The first kappa shape index (κ1) is 16.5. The molecule has 1 aromatic rings. The molecule has 0 aromatic carbocycles.